The van der Waals surface area contributed by atoms with Crippen LogP contribution in [-0.4, -0.2) is 24.2 Å². The van der Waals surface area contributed by atoms with Crippen molar-refractivity contribution in [3.63, 3.8) is 0 Å². The normalized spacial score (nSPS) is 31.8. The van der Waals surface area contributed by atoms with Crippen molar-refractivity contribution in [3.05, 3.63) is 0 Å². The van der Waals surface area contributed by atoms with Crippen LogP contribution in [0.15, 0.2) is 0 Å². The summed E-state index contributed by atoms with van der Waals surface area (Å²) in [6, 6.07) is 0.705. The van der Waals surface area contributed by atoms with Crippen LogP contribution >= 0.6 is 0 Å². The summed E-state index contributed by atoms with van der Waals surface area (Å²) in [5.41, 5.74) is 5.96. The van der Waals surface area contributed by atoms with Gasteiger partial charge in [-0.15, -0.1) is 0 Å². The van der Waals surface area contributed by atoms with Crippen LogP contribution in [0.25, 0.3) is 0 Å². The standard InChI is InChI=1S/C11H21N3O/c12-9-6-1-2-7-10(9)14-11(15)13-8-4-3-5-8/h8-10H,1-7,12H2,(H2,13,14,15). The van der Waals surface area contributed by atoms with Crippen LogP contribution in [0.3, 0.4) is 0 Å². The van der Waals surface area contributed by atoms with Crippen molar-refractivity contribution in [1.82, 2.24) is 10.6 Å². The van der Waals surface area contributed by atoms with Gasteiger partial charge in [0.1, 0.15) is 0 Å². The van der Waals surface area contributed by atoms with E-state index in [2.05, 4.69) is 10.6 Å². The monoisotopic (exact) mass is 211 g/mol. The summed E-state index contributed by atoms with van der Waals surface area (Å²) in [5, 5.41) is 5.97. The summed E-state index contributed by atoms with van der Waals surface area (Å²) in [7, 11) is 0. The van der Waals surface area contributed by atoms with E-state index in [0.29, 0.717) is 6.04 Å². The molecule has 2 aliphatic carbocycles. The van der Waals surface area contributed by atoms with E-state index in [-0.39, 0.29) is 18.1 Å². The highest BCUT2D eigenvalue weighted by Crippen LogP contribution is 2.19. The molecule has 2 fully saturated rings. The molecule has 0 saturated heterocycles. The minimum absolute atomic E-state index is 0.0259. The smallest absolute Gasteiger partial charge is 0.315 e. The Morgan fingerprint density at radius 2 is 1.73 bits per heavy atom. The van der Waals surface area contributed by atoms with Gasteiger partial charge in [0.05, 0.1) is 0 Å². The first kappa shape index (κ1) is 10.7. The molecule has 2 unspecified atom stereocenters. The number of urea groups is 1. The molecule has 2 aliphatic rings. The van der Waals surface area contributed by atoms with Gasteiger partial charge in [0, 0.05) is 18.1 Å². The lowest BCUT2D eigenvalue weighted by atomic mass is 9.91. The minimum Gasteiger partial charge on any atom is -0.335 e. The molecule has 4 heteroatoms. The third-order valence-corrected chi connectivity index (χ3v) is 3.58. The number of carbonyl (C=O) groups excluding carboxylic acids is 1. The van der Waals surface area contributed by atoms with Gasteiger partial charge in [0.15, 0.2) is 0 Å². The average Bonchev–Trinajstić information content (AvgIpc) is 2.16. The van der Waals surface area contributed by atoms with Crippen molar-refractivity contribution in [2.24, 2.45) is 5.73 Å². The minimum atomic E-state index is -0.0259. The van der Waals surface area contributed by atoms with E-state index in [1.54, 1.807) is 0 Å². The molecule has 2 amide bonds. The predicted molar refractivity (Wildman–Crippen MR) is 59.5 cm³/mol. The molecular formula is C11H21N3O. The third-order valence-electron chi connectivity index (χ3n) is 3.58. The number of nitrogens with two attached hydrogens (primary N) is 1. The maximum atomic E-state index is 11.6. The molecule has 0 heterocycles. The molecule has 0 aromatic rings. The summed E-state index contributed by atoms with van der Waals surface area (Å²) in [6.07, 6.45) is 7.95. The quantitative estimate of drug-likeness (QED) is 0.640. The lowest BCUT2D eigenvalue weighted by molar-refractivity contribution is 0.217. The first-order chi connectivity index (χ1) is 7.25. The topological polar surface area (TPSA) is 67.1 Å². The molecule has 0 aliphatic heterocycles. The molecule has 0 aromatic heterocycles. The number of nitrogens with one attached hydrogen (secondary N) is 2. The van der Waals surface area contributed by atoms with E-state index >= 15 is 0 Å². The van der Waals surface area contributed by atoms with Crippen LogP contribution < -0.4 is 16.4 Å². The summed E-state index contributed by atoms with van der Waals surface area (Å²) in [5.74, 6) is 0. The first-order valence-corrected chi connectivity index (χ1v) is 6.08. The van der Waals surface area contributed by atoms with Gasteiger partial charge in [-0.2, -0.15) is 0 Å². The van der Waals surface area contributed by atoms with E-state index in [1.165, 1.54) is 19.3 Å². The Morgan fingerprint density at radius 1 is 1.00 bits per heavy atom. The summed E-state index contributed by atoms with van der Waals surface area (Å²) >= 11 is 0. The summed E-state index contributed by atoms with van der Waals surface area (Å²) in [4.78, 5) is 11.6. The lowest BCUT2D eigenvalue weighted by Crippen LogP contribution is -2.54. The molecule has 0 spiro atoms. The second kappa shape index (κ2) is 4.84. The van der Waals surface area contributed by atoms with Crippen molar-refractivity contribution < 1.29 is 4.79 Å². The lowest BCUT2D eigenvalue weighted by Gasteiger charge is -2.31. The van der Waals surface area contributed by atoms with Gasteiger partial charge in [-0.05, 0) is 32.1 Å². The zero-order valence-corrected chi connectivity index (χ0v) is 9.17. The highest BCUT2D eigenvalue weighted by Gasteiger charge is 2.25. The van der Waals surface area contributed by atoms with Crippen molar-refractivity contribution in [2.45, 2.75) is 63.1 Å². The number of carbonyl (C=O) groups is 1. The van der Waals surface area contributed by atoms with E-state index in [1.807, 2.05) is 0 Å². The van der Waals surface area contributed by atoms with Crippen LogP contribution in [0, 0.1) is 0 Å². The average molecular weight is 211 g/mol. The Labute approximate surface area is 91.0 Å². The first-order valence-electron chi connectivity index (χ1n) is 6.08. The van der Waals surface area contributed by atoms with Crippen LogP contribution in [0.5, 0.6) is 0 Å². The van der Waals surface area contributed by atoms with Gasteiger partial charge in [0.2, 0.25) is 0 Å². The Kier molecular flexibility index (Phi) is 3.46. The number of hydrogen-bond acceptors (Lipinski definition) is 2. The molecule has 0 bridgehead atoms. The Bertz CT molecular complexity index is 228. The highest BCUT2D eigenvalue weighted by molar-refractivity contribution is 5.74. The van der Waals surface area contributed by atoms with E-state index in [4.69, 9.17) is 5.73 Å². The predicted octanol–water partition coefficient (Wildman–Crippen LogP) is 1.11. The zero-order valence-electron chi connectivity index (χ0n) is 9.17. The van der Waals surface area contributed by atoms with E-state index in [0.717, 1.165) is 25.7 Å². The van der Waals surface area contributed by atoms with Crippen molar-refractivity contribution >= 4 is 6.03 Å². The molecular weight excluding hydrogens is 190 g/mol. The molecule has 2 rings (SSSR count). The van der Waals surface area contributed by atoms with Gasteiger partial charge < -0.3 is 16.4 Å². The second-order valence-electron chi connectivity index (χ2n) is 4.80. The molecule has 15 heavy (non-hydrogen) atoms. The summed E-state index contributed by atoms with van der Waals surface area (Å²) in [6.45, 7) is 0. The molecule has 4 nitrogen and oxygen atoms in total. The van der Waals surface area contributed by atoms with Crippen LogP contribution in [0.1, 0.15) is 44.9 Å². The fourth-order valence-electron chi connectivity index (χ4n) is 2.29. The van der Waals surface area contributed by atoms with Gasteiger partial charge >= 0.3 is 6.03 Å². The molecule has 2 saturated carbocycles. The van der Waals surface area contributed by atoms with Gasteiger partial charge in [-0.25, -0.2) is 4.79 Å². The molecule has 2 atom stereocenters. The molecule has 0 radical (unpaired) electrons. The van der Waals surface area contributed by atoms with Crippen molar-refractivity contribution in [2.75, 3.05) is 0 Å². The Morgan fingerprint density at radius 3 is 2.33 bits per heavy atom. The third kappa shape index (κ3) is 2.84. The van der Waals surface area contributed by atoms with E-state index in [9.17, 15) is 4.79 Å². The second-order valence-corrected chi connectivity index (χ2v) is 4.80. The fourth-order valence-corrected chi connectivity index (χ4v) is 2.29. The number of rotatable bonds is 2. The van der Waals surface area contributed by atoms with Crippen LogP contribution in [0.4, 0.5) is 4.79 Å². The zero-order chi connectivity index (χ0) is 10.7. The number of hydrogen-bond donors (Lipinski definition) is 3. The maximum absolute atomic E-state index is 11.6. The van der Waals surface area contributed by atoms with E-state index < -0.39 is 0 Å². The Hall–Kier alpha value is -0.770. The Balaban J connectivity index is 1.71. The summed E-state index contributed by atoms with van der Waals surface area (Å²) < 4.78 is 0. The largest absolute Gasteiger partial charge is 0.335 e. The molecule has 0 aromatic carbocycles. The van der Waals surface area contributed by atoms with Gasteiger partial charge in [-0.1, -0.05) is 12.8 Å². The SMILES string of the molecule is NC1CCCCC1NC(=O)NC1CCC1. The maximum Gasteiger partial charge on any atom is 0.315 e. The van der Waals surface area contributed by atoms with Crippen LogP contribution in [0.2, 0.25) is 0 Å². The highest BCUT2D eigenvalue weighted by atomic mass is 16.2. The van der Waals surface area contributed by atoms with Crippen molar-refractivity contribution in [1.29, 1.82) is 0 Å². The van der Waals surface area contributed by atoms with Crippen molar-refractivity contribution in [3.8, 4) is 0 Å². The number of amides is 2. The molecule has 86 valence electrons. The molecule has 4 N–H and O–H groups in total. The van der Waals surface area contributed by atoms with Gasteiger partial charge in [-0.3, -0.25) is 0 Å². The van der Waals surface area contributed by atoms with Gasteiger partial charge in [0.25, 0.3) is 0 Å². The fraction of sp³-hybridized carbons (Fsp3) is 0.909. The van der Waals surface area contributed by atoms with Crippen LogP contribution in [-0.2, 0) is 0 Å².